The van der Waals surface area contributed by atoms with E-state index in [4.69, 9.17) is 0 Å². The topological polar surface area (TPSA) is 12.4 Å². The van der Waals surface area contributed by atoms with Crippen molar-refractivity contribution in [2.45, 2.75) is 6.42 Å². The lowest BCUT2D eigenvalue weighted by molar-refractivity contribution is 0.628. The van der Waals surface area contributed by atoms with Crippen molar-refractivity contribution < 1.29 is 4.39 Å². The highest BCUT2D eigenvalue weighted by Gasteiger charge is 2.01. The summed E-state index contributed by atoms with van der Waals surface area (Å²) in [6, 6.07) is 6.46. The van der Waals surface area contributed by atoms with Gasteiger partial charge in [0.1, 0.15) is 5.82 Å². The van der Waals surface area contributed by atoms with E-state index in [9.17, 15) is 4.39 Å². The van der Waals surface area contributed by atoms with Crippen LogP contribution in [0.1, 0.15) is 12.0 Å². The number of halogens is 1. The Morgan fingerprint density at radius 3 is 2.67 bits per heavy atom. The van der Waals surface area contributed by atoms with Crippen LogP contribution in [0.15, 0.2) is 35.3 Å². The molecule has 15 heavy (non-hydrogen) atoms. The van der Waals surface area contributed by atoms with Crippen LogP contribution in [0.5, 0.6) is 0 Å². The van der Waals surface area contributed by atoms with Gasteiger partial charge >= 0.3 is 0 Å². The first-order chi connectivity index (χ1) is 7.34. The van der Waals surface area contributed by atoms with Gasteiger partial charge in [0, 0.05) is 12.3 Å². The summed E-state index contributed by atoms with van der Waals surface area (Å²) in [6.45, 7) is 0.927. The predicted octanol–water partition coefficient (Wildman–Crippen LogP) is 3.37. The van der Waals surface area contributed by atoms with Crippen molar-refractivity contribution in [3.05, 3.63) is 41.7 Å². The molecule has 2 rings (SSSR count). The fourth-order valence-corrected chi connectivity index (χ4v) is 2.15. The molecule has 1 aromatic rings. The van der Waals surface area contributed by atoms with Gasteiger partial charge in [-0.3, -0.25) is 4.99 Å². The van der Waals surface area contributed by atoms with Crippen LogP contribution < -0.4 is 0 Å². The molecule has 0 atom stereocenters. The van der Waals surface area contributed by atoms with Crippen LogP contribution >= 0.6 is 11.8 Å². The first-order valence-corrected chi connectivity index (χ1v) is 5.94. The number of benzene rings is 1. The van der Waals surface area contributed by atoms with E-state index in [2.05, 4.69) is 4.99 Å². The fourth-order valence-electron chi connectivity index (χ4n) is 1.32. The normalized spacial score (nSPS) is 16.7. The van der Waals surface area contributed by atoms with Crippen LogP contribution in [0.3, 0.4) is 0 Å². The molecule has 0 N–H and O–H groups in total. The van der Waals surface area contributed by atoms with Gasteiger partial charge in [-0.15, -0.1) is 11.8 Å². The maximum atomic E-state index is 12.6. The Hall–Kier alpha value is -1.09. The molecule has 0 saturated heterocycles. The van der Waals surface area contributed by atoms with Gasteiger partial charge in [-0.25, -0.2) is 4.39 Å². The highest BCUT2D eigenvalue weighted by Crippen LogP contribution is 2.14. The second-order valence-electron chi connectivity index (χ2n) is 3.31. The van der Waals surface area contributed by atoms with Gasteiger partial charge in [0.05, 0.1) is 5.04 Å². The van der Waals surface area contributed by atoms with E-state index >= 15 is 0 Å². The quantitative estimate of drug-likeness (QED) is 0.745. The van der Waals surface area contributed by atoms with Crippen LogP contribution in [0.25, 0.3) is 6.08 Å². The maximum Gasteiger partial charge on any atom is 0.123 e. The molecule has 78 valence electrons. The molecular formula is C12H12FNS. The van der Waals surface area contributed by atoms with Gasteiger partial charge in [0.15, 0.2) is 0 Å². The molecule has 0 fully saturated rings. The van der Waals surface area contributed by atoms with E-state index in [1.54, 1.807) is 23.9 Å². The number of aliphatic imine (C=N–C) groups is 1. The zero-order valence-electron chi connectivity index (χ0n) is 8.32. The lowest BCUT2D eigenvalue weighted by Crippen LogP contribution is -2.00. The molecule has 0 bridgehead atoms. The average molecular weight is 221 g/mol. The number of nitrogens with zero attached hydrogens (tertiary/aromatic N) is 1. The number of rotatable bonds is 2. The van der Waals surface area contributed by atoms with Crippen molar-refractivity contribution in [3.8, 4) is 0 Å². The monoisotopic (exact) mass is 221 g/mol. The zero-order chi connectivity index (χ0) is 10.5. The van der Waals surface area contributed by atoms with Gasteiger partial charge in [-0.1, -0.05) is 18.2 Å². The number of hydrogen-bond donors (Lipinski definition) is 0. The summed E-state index contributed by atoms with van der Waals surface area (Å²) in [6.07, 6.45) is 5.13. The molecular weight excluding hydrogens is 209 g/mol. The lowest BCUT2D eigenvalue weighted by Gasteiger charge is -2.06. The first-order valence-electron chi connectivity index (χ1n) is 4.95. The van der Waals surface area contributed by atoms with E-state index in [-0.39, 0.29) is 5.82 Å². The SMILES string of the molecule is Fc1ccc(C=CC2=NCCCS2)cc1. The molecule has 1 nitrogen and oxygen atoms in total. The van der Waals surface area contributed by atoms with Crippen molar-refractivity contribution in [1.29, 1.82) is 0 Å². The van der Waals surface area contributed by atoms with Crippen molar-refractivity contribution in [2.24, 2.45) is 4.99 Å². The molecule has 0 spiro atoms. The van der Waals surface area contributed by atoms with Crippen LogP contribution in [-0.4, -0.2) is 17.3 Å². The van der Waals surface area contributed by atoms with Crippen LogP contribution in [0, 0.1) is 5.82 Å². The molecule has 0 aliphatic carbocycles. The summed E-state index contributed by atoms with van der Waals surface area (Å²) in [5.74, 6) is 0.948. The van der Waals surface area contributed by atoms with E-state index in [1.807, 2.05) is 12.2 Å². The molecule has 1 aliphatic rings. The van der Waals surface area contributed by atoms with Gasteiger partial charge in [-0.2, -0.15) is 0 Å². The molecule has 1 aromatic carbocycles. The Labute approximate surface area is 93.1 Å². The smallest absolute Gasteiger partial charge is 0.123 e. The standard InChI is InChI=1S/C12H12FNS/c13-11-5-2-10(3-6-11)4-7-12-14-8-1-9-15-12/h2-7H,1,8-9H2. The third kappa shape index (κ3) is 3.20. The van der Waals surface area contributed by atoms with Gasteiger partial charge in [0.2, 0.25) is 0 Å². The summed E-state index contributed by atoms with van der Waals surface area (Å²) in [5.41, 5.74) is 1.00. The largest absolute Gasteiger partial charge is 0.278 e. The van der Waals surface area contributed by atoms with Crippen LogP contribution in [0.2, 0.25) is 0 Å². The molecule has 0 unspecified atom stereocenters. The predicted molar refractivity (Wildman–Crippen MR) is 64.8 cm³/mol. The highest BCUT2D eigenvalue weighted by molar-refractivity contribution is 8.14. The lowest BCUT2D eigenvalue weighted by atomic mass is 10.2. The molecule has 0 amide bonds. The minimum absolute atomic E-state index is 0.198. The van der Waals surface area contributed by atoms with Gasteiger partial charge in [-0.05, 0) is 30.2 Å². The second-order valence-corrected chi connectivity index (χ2v) is 4.42. The van der Waals surface area contributed by atoms with Crippen molar-refractivity contribution in [2.75, 3.05) is 12.3 Å². The van der Waals surface area contributed by atoms with E-state index in [0.29, 0.717) is 0 Å². The Bertz CT molecular complexity index is 381. The molecule has 0 radical (unpaired) electrons. The summed E-state index contributed by atoms with van der Waals surface area (Å²) in [4.78, 5) is 4.38. The summed E-state index contributed by atoms with van der Waals surface area (Å²) in [7, 11) is 0. The van der Waals surface area contributed by atoms with Crippen LogP contribution in [-0.2, 0) is 0 Å². The molecule has 0 aromatic heterocycles. The highest BCUT2D eigenvalue weighted by atomic mass is 32.2. The summed E-state index contributed by atoms with van der Waals surface area (Å²) in [5, 5.41) is 1.07. The Morgan fingerprint density at radius 1 is 1.20 bits per heavy atom. The van der Waals surface area contributed by atoms with E-state index < -0.39 is 0 Å². The van der Waals surface area contributed by atoms with Crippen molar-refractivity contribution in [3.63, 3.8) is 0 Å². The second kappa shape index (κ2) is 5.12. The number of hydrogen-bond acceptors (Lipinski definition) is 2. The zero-order valence-corrected chi connectivity index (χ0v) is 9.14. The van der Waals surface area contributed by atoms with Crippen molar-refractivity contribution >= 4 is 22.9 Å². The van der Waals surface area contributed by atoms with Crippen LogP contribution in [0.4, 0.5) is 4.39 Å². The Balaban J connectivity index is 2.04. The van der Waals surface area contributed by atoms with Gasteiger partial charge in [0.25, 0.3) is 0 Å². The third-order valence-electron chi connectivity index (χ3n) is 2.11. The molecule has 3 heteroatoms. The minimum Gasteiger partial charge on any atom is -0.278 e. The van der Waals surface area contributed by atoms with Crippen molar-refractivity contribution in [1.82, 2.24) is 0 Å². The molecule has 1 heterocycles. The average Bonchev–Trinajstić information content (AvgIpc) is 2.30. The molecule has 0 saturated carbocycles. The summed E-state index contributed by atoms with van der Waals surface area (Å²) < 4.78 is 12.6. The number of thioether (sulfide) groups is 1. The Kier molecular flexibility index (Phi) is 3.56. The summed E-state index contributed by atoms with van der Waals surface area (Å²) >= 11 is 1.77. The Morgan fingerprint density at radius 2 is 2.00 bits per heavy atom. The minimum atomic E-state index is -0.198. The van der Waals surface area contributed by atoms with E-state index in [1.165, 1.54) is 18.6 Å². The fraction of sp³-hybridized carbons (Fsp3) is 0.250. The molecule has 1 aliphatic heterocycles. The maximum absolute atomic E-state index is 12.6. The van der Waals surface area contributed by atoms with Gasteiger partial charge < -0.3 is 0 Å². The third-order valence-corrected chi connectivity index (χ3v) is 3.16. The first kappa shape index (κ1) is 10.4. The van der Waals surface area contributed by atoms with E-state index in [0.717, 1.165) is 22.9 Å².